The van der Waals surface area contributed by atoms with Crippen molar-refractivity contribution < 1.29 is 14.7 Å². The number of carbonyl (C=O) groups excluding carboxylic acids is 1. The Morgan fingerprint density at radius 1 is 1.14 bits per heavy atom. The average molecular weight is 336 g/mol. The van der Waals surface area contributed by atoms with Gasteiger partial charge in [0, 0.05) is 10.6 Å². The van der Waals surface area contributed by atoms with E-state index in [9.17, 15) is 14.7 Å². The molecule has 4 nitrogen and oxygen atoms in total. The molecule has 0 spiro atoms. The maximum Gasteiger partial charge on any atom is 0.324 e. The third kappa shape index (κ3) is 3.26. The van der Waals surface area contributed by atoms with Crippen molar-refractivity contribution in [3.63, 3.8) is 0 Å². The molecule has 0 aliphatic heterocycles. The lowest BCUT2D eigenvalue weighted by atomic mass is 9.97. The van der Waals surface area contributed by atoms with Gasteiger partial charge in [0.25, 0.3) is 5.24 Å². The van der Waals surface area contributed by atoms with Crippen LogP contribution in [-0.4, -0.2) is 16.3 Å². The quantitative estimate of drug-likeness (QED) is 0.880. The zero-order valence-corrected chi connectivity index (χ0v) is 13.3. The molecule has 6 heteroatoms. The van der Waals surface area contributed by atoms with E-state index in [-0.39, 0.29) is 0 Å². The number of hydrogen-bond acceptors (Lipinski definition) is 3. The van der Waals surface area contributed by atoms with Crippen molar-refractivity contribution in [1.82, 2.24) is 0 Å². The number of carboxylic acids is 1. The van der Waals surface area contributed by atoms with Crippen LogP contribution in [0.15, 0.2) is 48.5 Å². The van der Waals surface area contributed by atoms with Crippen LogP contribution in [0.25, 0.3) is 11.1 Å². The molecular formula is C16H14ClNO3S. The van der Waals surface area contributed by atoms with E-state index >= 15 is 0 Å². The summed E-state index contributed by atoms with van der Waals surface area (Å²) in [5.74, 6) is -1.12. The van der Waals surface area contributed by atoms with Gasteiger partial charge in [-0.25, -0.2) is 0 Å². The van der Waals surface area contributed by atoms with E-state index in [0.717, 1.165) is 11.1 Å². The van der Waals surface area contributed by atoms with Crippen LogP contribution in [0.3, 0.4) is 0 Å². The van der Waals surface area contributed by atoms with Gasteiger partial charge >= 0.3 is 5.97 Å². The Hall–Kier alpha value is -1.98. The number of benzene rings is 2. The van der Waals surface area contributed by atoms with Crippen LogP contribution < -0.4 is 5.73 Å². The van der Waals surface area contributed by atoms with Crippen LogP contribution in [0.4, 0.5) is 4.79 Å². The van der Waals surface area contributed by atoms with Crippen molar-refractivity contribution in [2.45, 2.75) is 11.7 Å². The van der Waals surface area contributed by atoms with Gasteiger partial charge < -0.3 is 10.8 Å². The summed E-state index contributed by atoms with van der Waals surface area (Å²) in [6.45, 7) is 1.45. The van der Waals surface area contributed by atoms with Crippen LogP contribution in [0, 0.1) is 0 Å². The van der Waals surface area contributed by atoms with Crippen LogP contribution in [0.2, 0.25) is 5.02 Å². The number of amides is 1. The molecule has 0 heterocycles. The molecule has 22 heavy (non-hydrogen) atoms. The van der Waals surface area contributed by atoms with Crippen molar-refractivity contribution in [2.75, 3.05) is 0 Å². The molecule has 1 atom stereocenters. The minimum absolute atomic E-state index is 0.486. The Morgan fingerprint density at radius 2 is 1.73 bits per heavy atom. The molecule has 3 N–H and O–H groups in total. The Kier molecular flexibility index (Phi) is 4.78. The molecule has 0 radical (unpaired) electrons. The standard InChI is InChI=1S/C16H14ClNO3S/c1-16(14(19)20,22-15(18)21)11-8-6-10(7-9-11)12-4-2-3-5-13(12)17/h2-9H,1H3,(H2,18,21)(H,19,20). The summed E-state index contributed by atoms with van der Waals surface area (Å²) in [5, 5.41) is 9.29. The van der Waals surface area contributed by atoms with E-state index in [1.54, 1.807) is 30.3 Å². The fourth-order valence-corrected chi connectivity index (χ4v) is 3.08. The summed E-state index contributed by atoms with van der Waals surface area (Å²) in [5.41, 5.74) is 7.35. The zero-order valence-electron chi connectivity index (χ0n) is 11.7. The maximum absolute atomic E-state index is 11.5. The molecule has 114 valence electrons. The molecule has 0 aliphatic carbocycles. The molecule has 2 aromatic carbocycles. The summed E-state index contributed by atoms with van der Waals surface area (Å²) >= 11 is 6.73. The number of halogens is 1. The first kappa shape index (κ1) is 16.4. The second-order valence-corrected chi connectivity index (χ2v) is 6.65. The molecule has 0 saturated carbocycles. The number of carbonyl (C=O) groups is 2. The first-order chi connectivity index (χ1) is 10.3. The van der Waals surface area contributed by atoms with Crippen LogP contribution >= 0.6 is 23.4 Å². The number of primary amides is 1. The normalized spacial score (nSPS) is 13.4. The van der Waals surface area contributed by atoms with E-state index in [2.05, 4.69) is 0 Å². The van der Waals surface area contributed by atoms with Gasteiger partial charge in [-0.15, -0.1) is 0 Å². The Morgan fingerprint density at radius 3 is 2.23 bits per heavy atom. The van der Waals surface area contributed by atoms with E-state index in [1.165, 1.54) is 6.92 Å². The van der Waals surface area contributed by atoms with E-state index in [1.807, 2.05) is 18.2 Å². The van der Waals surface area contributed by atoms with Gasteiger partial charge in [-0.2, -0.15) is 0 Å². The summed E-state index contributed by atoms with van der Waals surface area (Å²) < 4.78 is -1.43. The highest BCUT2D eigenvalue weighted by atomic mass is 35.5. The van der Waals surface area contributed by atoms with Gasteiger partial charge in [-0.3, -0.25) is 9.59 Å². The fourth-order valence-electron chi connectivity index (χ4n) is 2.09. The van der Waals surface area contributed by atoms with Crippen molar-refractivity contribution in [3.05, 3.63) is 59.1 Å². The number of thioether (sulfide) groups is 1. The second kappa shape index (κ2) is 6.42. The number of rotatable bonds is 4. The van der Waals surface area contributed by atoms with Crippen molar-refractivity contribution >= 4 is 34.6 Å². The Bertz CT molecular complexity index is 718. The van der Waals surface area contributed by atoms with Crippen molar-refractivity contribution in [2.24, 2.45) is 5.73 Å². The first-order valence-corrected chi connectivity index (χ1v) is 7.61. The SMILES string of the molecule is CC(SC(N)=O)(C(=O)O)c1ccc(-c2ccccc2Cl)cc1. The monoisotopic (exact) mass is 335 g/mol. The summed E-state index contributed by atoms with van der Waals surface area (Å²) in [6.07, 6.45) is 0. The average Bonchev–Trinajstić information content (AvgIpc) is 2.47. The lowest BCUT2D eigenvalue weighted by molar-refractivity contribution is -0.139. The highest BCUT2D eigenvalue weighted by Gasteiger charge is 2.38. The fraction of sp³-hybridized carbons (Fsp3) is 0.125. The third-order valence-electron chi connectivity index (χ3n) is 3.33. The van der Waals surface area contributed by atoms with E-state index in [0.29, 0.717) is 22.3 Å². The van der Waals surface area contributed by atoms with Crippen molar-refractivity contribution in [1.29, 1.82) is 0 Å². The number of nitrogens with two attached hydrogens (primary N) is 1. The second-order valence-electron chi connectivity index (χ2n) is 4.82. The van der Waals surface area contributed by atoms with Gasteiger partial charge in [0.15, 0.2) is 0 Å². The number of carboxylic acid groups (broad SMARTS) is 1. The largest absolute Gasteiger partial charge is 0.480 e. The maximum atomic E-state index is 11.5. The highest BCUT2D eigenvalue weighted by molar-refractivity contribution is 8.14. The molecule has 0 bridgehead atoms. The Labute approximate surface area is 137 Å². The summed E-state index contributed by atoms with van der Waals surface area (Å²) in [4.78, 5) is 22.6. The van der Waals surface area contributed by atoms with Crippen LogP contribution in [0.5, 0.6) is 0 Å². The lowest BCUT2D eigenvalue weighted by Crippen LogP contribution is -2.31. The van der Waals surface area contributed by atoms with Gasteiger partial charge in [-0.1, -0.05) is 54.1 Å². The zero-order chi connectivity index (χ0) is 16.3. The summed E-state index contributed by atoms with van der Waals surface area (Å²) in [7, 11) is 0. The molecular weight excluding hydrogens is 322 g/mol. The number of aliphatic carboxylic acids is 1. The molecule has 0 aliphatic rings. The van der Waals surface area contributed by atoms with Crippen LogP contribution in [-0.2, 0) is 9.54 Å². The number of hydrogen-bond donors (Lipinski definition) is 2. The highest BCUT2D eigenvalue weighted by Crippen LogP contribution is 2.38. The molecule has 1 amide bonds. The Balaban J connectivity index is 2.41. The smallest absolute Gasteiger partial charge is 0.324 e. The van der Waals surface area contributed by atoms with Gasteiger partial charge in [0.2, 0.25) is 0 Å². The topological polar surface area (TPSA) is 80.4 Å². The van der Waals surface area contributed by atoms with Gasteiger partial charge in [-0.05, 0) is 35.9 Å². The molecule has 1 unspecified atom stereocenters. The first-order valence-electron chi connectivity index (χ1n) is 6.42. The third-order valence-corrected chi connectivity index (χ3v) is 4.68. The molecule has 2 aromatic rings. The van der Waals surface area contributed by atoms with E-state index in [4.69, 9.17) is 17.3 Å². The predicted molar refractivity (Wildman–Crippen MR) is 89.1 cm³/mol. The predicted octanol–water partition coefficient (Wildman–Crippen LogP) is 4.12. The van der Waals surface area contributed by atoms with Gasteiger partial charge in [0.1, 0.15) is 4.75 Å². The van der Waals surface area contributed by atoms with Crippen LogP contribution in [0.1, 0.15) is 12.5 Å². The van der Waals surface area contributed by atoms with Crippen molar-refractivity contribution in [3.8, 4) is 11.1 Å². The molecule has 0 saturated heterocycles. The minimum atomic E-state index is -1.43. The van der Waals surface area contributed by atoms with Gasteiger partial charge in [0.05, 0.1) is 0 Å². The molecule has 0 aromatic heterocycles. The lowest BCUT2D eigenvalue weighted by Gasteiger charge is -2.23. The molecule has 0 fully saturated rings. The minimum Gasteiger partial charge on any atom is -0.480 e. The van der Waals surface area contributed by atoms with E-state index < -0.39 is 16.0 Å². The molecule has 2 rings (SSSR count). The summed E-state index contributed by atoms with van der Waals surface area (Å²) in [6, 6.07) is 14.3.